The number of carbonyl (C=O) groups is 2. The average molecular weight is 422 g/mol. The van der Waals surface area contributed by atoms with Gasteiger partial charge in [-0.15, -0.1) is 0 Å². The fourth-order valence-corrected chi connectivity index (χ4v) is 4.19. The van der Waals surface area contributed by atoms with E-state index in [1.807, 2.05) is 24.3 Å². The van der Waals surface area contributed by atoms with E-state index in [4.69, 9.17) is 4.74 Å². The van der Waals surface area contributed by atoms with Crippen LogP contribution < -0.4 is 4.90 Å². The lowest BCUT2D eigenvalue weighted by atomic mass is 9.66. The van der Waals surface area contributed by atoms with E-state index in [2.05, 4.69) is 6.58 Å². The molecule has 2 aromatic rings. The van der Waals surface area contributed by atoms with E-state index in [0.717, 1.165) is 11.3 Å². The highest BCUT2D eigenvalue weighted by molar-refractivity contribution is 6.09. The molecule has 7 nitrogen and oxygen atoms in total. The molecular weight excluding hydrogens is 396 g/mol. The number of likely N-dealkylation sites (N-methyl/N-ethyl adjacent to an activating group) is 1. The molecule has 0 saturated heterocycles. The van der Waals surface area contributed by atoms with Crippen LogP contribution in [0.2, 0.25) is 0 Å². The summed E-state index contributed by atoms with van der Waals surface area (Å²) in [6.45, 7) is 11.1. The summed E-state index contributed by atoms with van der Waals surface area (Å²) in [6.07, 6.45) is 0. The van der Waals surface area contributed by atoms with Crippen LogP contribution in [-0.4, -0.2) is 29.4 Å². The maximum atomic E-state index is 13.5. The molecule has 0 bridgehead atoms. The van der Waals surface area contributed by atoms with Gasteiger partial charge in [-0.1, -0.05) is 36.9 Å². The molecule has 7 heteroatoms. The number of rotatable bonds is 5. The summed E-state index contributed by atoms with van der Waals surface area (Å²) in [4.78, 5) is 38.7. The second-order valence-corrected chi connectivity index (χ2v) is 8.89. The van der Waals surface area contributed by atoms with Crippen LogP contribution in [-0.2, 0) is 19.7 Å². The first-order chi connectivity index (χ1) is 14.4. The number of ether oxygens (including phenoxy) is 1. The van der Waals surface area contributed by atoms with E-state index in [1.54, 1.807) is 51.8 Å². The normalized spacial score (nSPS) is 19.0. The van der Waals surface area contributed by atoms with E-state index >= 15 is 0 Å². The first-order valence-electron chi connectivity index (χ1n) is 9.92. The third-order valence-corrected chi connectivity index (χ3v) is 5.60. The Morgan fingerprint density at radius 3 is 2.29 bits per heavy atom. The fourth-order valence-electron chi connectivity index (χ4n) is 4.19. The van der Waals surface area contributed by atoms with Gasteiger partial charge in [0.25, 0.3) is 5.69 Å². The number of nitro benzene ring substituents is 1. The number of carbonyl (C=O) groups excluding carboxylic acids is 2. The Bertz CT molecular complexity index is 1070. The Hall–Kier alpha value is -3.48. The number of hydrogen-bond acceptors (Lipinski definition) is 5. The lowest BCUT2D eigenvalue weighted by Crippen LogP contribution is -2.43. The summed E-state index contributed by atoms with van der Waals surface area (Å²) in [5, 5.41) is 11.1. The first-order valence-corrected chi connectivity index (χ1v) is 9.92. The number of esters is 1. The first kappa shape index (κ1) is 22.2. The summed E-state index contributed by atoms with van der Waals surface area (Å²) < 4.78 is 5.55. The van der Waals surface area contributed by atoms with Crippen LogP contribution >= 0.6 is 0 Å². The predicted molar refractivity (Wildman–Crippen MR) is 118 cm³/mol. The fraction of sp³-hybridized carbons (Fsp3) is 0.333. The van der Waals surface area contributed by atoms with Gasteiger partial charge < -0.3 is 9.64 Å². The smallest absolute Gasteiger partial charge is 0.334 e. The van der Waals surface area contributed by atoms with Crippen molar-refractivity contribution in [1.29, 1.82) is 0 Å². The van der Waals surface area contributed by atoms with E-state index < -0.39 is 27.8 Å². The van der Waals surface area contributed by atoms with Gasteiger partial charge in [-0.3, -0.25) is 14.9 Å². The van der Waals surface area contributed by atoms with Gasteiger partial charge in [-0.2, -0.15) is 0 Å². The standard InChI is InChI=1S/C24H26N2O5/c1-15(21(27)31-23(2,3)4)20(16-11-13-17(14-12-16)26(29)30)24(5)18-9-7-8-10-19(18)25(6)22(24)28/h7-14,20H,1H2,2-6H3/t20-,24+/m1/s1. The van der Waals surface area contributed by atoms with E-state index in [9.17, 15) is 19.7 Å². The van der Waals surface area contributed by atoms with Crippen LogP contribution in [0.1, 0.15) is 44.7 Å². The van der Waals surface area contributed by atoms with Crippen molar-refractivity contribution in [2.24, 2.45) is 0 Å². The highest BCUT2D eigenvalue weighted by atomic mass is 16.6. The molecule has 1 heterocycles. The average Bonchev–Trinajstić information content (AvgIpc) is 2.89. The summed E-state index contributed by atoms with van der Waals surface area (Å²) >= 11 is 0. The van der Waals surface area contributed by atoms with Crippen molar-refractivity contribution in [3.05, 3.63) is 81.9 Å². The number of nitro groups is 1. The van der Waals surface area contributed by atoms with Crippen molar-refractivity contribution < 1.29 is 19.2 Å². The second-order valence-electron chi connectivity index (χ2n) is 8.89. The van der Waals surface area contributed by atoms with Crippen molar-refractivity contribution in [3.8, 4) is 0 Å². The molecule has 1 amide bonds. The van der Waals surface area contributed by atoms with Crippen molar-refractivity contribution in [3.63, 3.8) is 0 Å². The molecule has 0 radical (unpaired) electrons. The zero-order valence-corrected chi connectivity index (χ0v) is 18.3. The predicted octanol–water partition coefficient (Wildman–Crippen LogP) is 4.51. The Morgan fingerprint density at radius 1 is 1.16 bits per heavy atom. The summed E-state index contributed by atoms with van der Waals surface area (Å²) in [6, 6.07) is 13.3. The quantitative estimate of drug-likeness (QED) is 0.306. The minimum absolute atomic E-state index is 0.0780. The van der Waals surface area contributed by atoms with Crippen LogP contribution in [0, 0.1) is 10.1 Å². The largest absolute Gasteiger partial charge is 0.457 e. The Morgan fingerprint density at radius 2 is 1.74 bits per heavy atom. The van der Waals surface area contributed by atoms with Gasteiger partial charge in [0.2, 0.25) is 5.91 Å². The maximum absolute atomic E-state index is 13.5. The van der Waals surface area contributed by atoms with Gasteiger partial charge in [-0.05, 0) is 44.9 Å². The maximum Gasteiger partial charge on any atom is 0.334 e. The zero-order chi connectivity index (χ0) is 23.1. The lowest BCUT2D eigenvalue weighted by Gasteiger charge is -2.35. The van der Waals surface area contributed by atoms with Gasteiger partial charge in [0.1, 0.15) is 5.60 Å². The molecule has 2 atom stereocenters. The molecular formula is C24H26N2O5. The number of nitrogens with zero attached hydrogens (tertiary/aromatic N) is 2. The van der Waals surface area contributed by atoms with Crippen molar-refractivity contribution in [2.45, 2.75) is 44.6 Å². The molecule has 0 fully saturated rings. The molecule has 1 aliphatic rings. The molecule has 0 spiro atoms. The second kappa shape index (κ2) is 7.65. The number of fused-ring (bicyclic) bond motifs is 1. The minimum Gasteiger partial charge on any atom is -0.457 e. The summed E-state index contributed by atoms with van der Waals surface area (Å²) in [5.41, 5.74) is 0.234. The van der Waals surface area contributed by atoms with Gasteiger partial charge in [0.05, 0.1) is 10.3 Å². The molecule has 0 N–H and O–H groups in total. The van der Waals surface area contributed by atoms with Gasteiger partial charge in [-0.25, -0.2) is 4.79 Å². The molecule has 0 aromatic heterocycles. The van der Waals surface area contributed by atoms with Crippen molar-refractivity contribution in [1.82, 2.24) is 0 Å². The Labute approximate surface area is 181 Å². The number of amides is 1. The molecule has 1 aliphatic heterocycles. The number of hydrogen-bond donors (Lipinski definition) is 0. The van der Waals surface area contributed by atoms with Crippen LogP contribution in [0.15, 0.2) is 60.7 Å². The van der Waals surface area contributed by atoms with Crippen LogP contribution in [0.4, 0.5) is 11.4 Å². The molecule has 31 heavy (non-hydrogen) atoms. The van der Waals surface area contributed by atoms with Crippen LogP contribution in [0.5, 0.6) is 0 Å². The molecule has 162 valence electrons. The summed E-state index contributed by atoms with van der Waals surface area (Å²) in [7, 11) is 1.69. The van der Waals surface area contributed by atoms with Crippen molar-refractivity contribution >= 4 is 23.3 Å². The summed E-state index contributed by atoms with van der Waals surface area (Å²) in [5.74, 6) is -1.58. The van der Waals surface area contributed by atoms with E-state index in [0.29, 0.717) is 5.56 Å². The van der Waals surface area contributed by atoms with Crippen LogP contribution in [0.25, 0.3) is 0 Å². The topological polar surface area (TPSA) is 89.7 Å². The van der Waals surface area contributed by atoms with Crippen molar-refractivity contribution in [2.75, 3.05) is 11.9 Å². The Kier molecular flexibility index (Phi) is 5.48. The van der Waals surface area contributed by atoms with Crippen LogP contribution in [0.3, 0.4) is 0 Å². The SMILES string of the molecule is C=C(C(=O)OC(C)(C)C)[C@H](c1ccc([N+](=O)[O-])cc1)[C@@]1(C)C(=O)N(C)c2ccccc21. The number of para-hydroxylation sites is 1. The molecule has 0 aliphatic carbocycles. The minimum atomic E-state index is -1.14. The molecule has 0 unspecified atom stereocenters. The van der Waals surface area contributed by atoms with E-state index in [-0.39, 0.29) is 17.2 Å². The lowest BCUT2D eigenvalue weighted by molar-refractivity contribution is -0.384. The monoisotopic (exact) mass is 422 g/mol. The van der Waals surface area contributed by atoms with Gasteiger partial charge in [0.15, 0.2) is 0 Å². The molecule has 2 aromatic carbocycles. The van der Waals surface area contributed by atoms with E-state index in [1.165, 1.54) is 12.1 Å². The highest BCUT2D eigenvalue weighted by Gasteiger charge is 2.53. The highest BCUT2D eigenvalue weighted by Crippen LogP contribution is 2.52. The number of benzene rings is 2. The molecule has 0 saturated carbocycles. The molecule has 3 rings (SSSR count). The van der Waals surface area contributed by atoms with Gasteiger partial charge >= 0.3 is 5.97 Å². The zero-order valence-electron chi connectivity index (χ0n) is 18.3. The third kappa shape index (κ3) is 3.83. The Balaban J connectivity index is 2.19. The van der Waals surface area contributed by atoms with Gasteiger partial charge in [0, 0.05) is 36.4 Å². The number of non-ortho nitro benzene ring substituents is 1. The third-order valence-electron chi connectivity index (χ3n) is 5.60. The number of anilines is 1.